The van der Waals surface area contributed by atoms with E-state index in [1.165, 1.54) is 22.5 Å². The van der Waals surface area contributed by atoms with E-state index >= 15 is 0 Å². The van der Waals surface area contributed by atoms with Crippen LogP contribution in [0.25, 0.3) is 5.57 Å². The summed E-state index contributed by atoms with van der Waals surface area (Å²) in [7, 11) is 1.75. The number of carbonyl (C=O) groups is 1. The maximum atomic E-state index is 13.4. The predicted molar refractivity (Wildman–Crippen MR) is 120 cm³/mol. The Hall–Kier alpha value is -3.19. The Bertz CT molecular complexity index is 1380. The van der Waals surface area contributed by atoms with Crippen LogP contribution in [0.3, 0.4) is 0 Å². The Morgan fingerprint density at radius 3 is 2.43 bits per heavy atom. The first-order valence-electron chi connectivity index (χ1n) is 9.84. The molecule has 5 rings (SSSR count). The Kier molecular flexibility index (Phi) is 4.18. The third-order valence-electron chi connectivity index (χ3n) is 5.65. The van der Waals surface area contributed by atoms with E-state index in [0.29, 0.717) is 28.2 Å². The highest BCUT2D eigenvalue weighted by Crippen LogP contribution is 2.34. The fourth-order valence-corrected chi connectivity index (χ4v) is 5.26. The molecule has 0 N–H and O–H groups in total. The number of aryl methyl sites for hydroxylation is 3. The van der Waals surface area contributed by atoms with Gasteiger partial charge in [0, 0.05) is 18.3 Å². The number of amides is 1. The van der Waals surface area contributed by atoms with Crippen molar-refractivity contribution in [1.82, 2.24) is 4.57 Å². The van der Waals surface area contributed by atoms with Crippen molar-refractivity contribution in [3.05, 3.63) is 78.3 Å². The van der Waals surface area contributed by atoms with Crippen molar-refractivity contribution in [3.8, 4) is 0 Å². The number of nitrogens with zero attached hydrogens (tertiary/aromatic N) is 4. The van der Waals surface area contributed by atoms with Crippen molar-refractivity contribution < 1.29 is 4.79 Å². The van der Waals surface area contributed by atoms with Crippen LogP contribution < -0.4 is 24.7 Å². The maximum Gasteiger partial charge on any atom is 0.272 e. The van der Waals surface area contributed by atoms with E-state index in [1.807, 2.05) is 25.1 Å². The minimum Gasteiger partial charge on any atom is -0.334 e. The summed E-state index contributed by atoms with van der Waals surface area (Å²) in [6, 6.07) is 12.2. The second kappa shape index (κ2) is 6.67. The smallest absolute Gasteiger partial charge is 0.272 e. The SMILES string of the molecule is Cc1cc(C)cc(N2CN=c3s/c(=C4\C(=O)N(C)c5ccc(C)cc54)c(=O)n3C2)c1. The molecule has 0 spiro atoms. The van der Waals surface area contributed by atoms with Crippen LogP contribution in [0.5, 0.6) is 0 Å². The van der Waals surface area contributed by atoms with E-state index < -0.39 is 0 Å². The van der Waals surface area contributed by atoms with Gasteiger partial charge in [0.2, 0.25) is 0 Å². The number of thiazole rings is 1. The van der Waals surface area contributed by atoms with Crippen molar-refractivity contribution >= 4 is 34.2 Å². The van der Waals surface area contributed by atoms with Gasteiger partial charge in [0.15, 0.2) is 4.80 Å². The molecule has 0 unspecified atom stereocenters. The summed E-state index contributed by atoms with van der Waals surface area (Å²) in [5.74, 6) is -0.141. The molecule has 6 nitrogen and oxygen atoms in total. The molecule has 1 amide bonds. The van der Waals surface area contributed by atoms with Gasteiger partial charge < -0.3 is 9.80 Å². The van der Waals surface area contributed by atoms with Gasteiger partial charge in [-0.15, -0.1) is 0 Å². The molecule has 0 radical (unpaired) electrons. The molecule has 152 valence electrons. The average molecular weight is 419 g/mol. The fraction of sp³-hybridized carbons (Fsp3) is 0.261. The van der Waals surface area contributed by atoms with E-state index in [0.717, 1.165) is 22.5 Å². The van der Waals surface area contributed by atoms with Gasteiger partial charge in [0.1, 0.15) is 17.9 Å². The Morgan fingerprint density at radius 1 is 0.967 bits per heavy atom. The number of carbonyl (C=O) groups excluding carboxylic acids is 1. The summed E-state index contributed by atoms with van der Waals surface area (Å²) in [6.45, 7) is 7.03. The second-order valence-corrected chi connectivity index (χ2v) is 9.01. The quantitative estimate of drug-likeness (QED) is 0.608. The minimum absolute atomic E-state index is 0.141. The molecule has 7 heteroatoms. The van der Waals surface area contributed by atoms with E-state index in [1.54, 1.807) is 16.5 Å². The van der Waals surface area contributed by atoms with Gasteiger partial charge in [-0.3, -0.25) is 14.2 Å². The third-order valence-corrected chi connectivity index (χ3v) is 6.77. The van der Waals surface area contributed by atoms with Gasteiger partial charge in [-0.2, -0.15) is 0 Å². The maximum absolute atomic E-state index is 13.4. The topological polar surface area (TPSA) is 57.9 Å². The summed E-state index contributed by atoms with van der Waals surface area (Å²) in [4.78, 5) is 35.4. The standard InChI is InChI=1S/C23H22N4O2S/c1-13-5-6-18-17(10-13)19(21(28)25(18)4)20-22(29)27-12-26(11-24-23(27)30-20)16-8-14(2)7-15(3)9-16/h5-10H,11-12H2,1-4H3/b20-19-. The van der Waals surface area contributed by atoms with Crippen LogP contribution in [-0.4, -0.2) is 24.2 Å². The molecule has 0 atom stereocenters. The third kappa shape index (κ3) is 2.81. The van der Waals surface area contributed by atoms with Crippen LogP contribution in [0.2, 0.25) is 0 Å². The van der Waals surface area contributed by atoms with Crippen LogP contribution in [0.4, 0.5) is 11.4 Å². The van der Waals surface area contributed by atoms with Gasteiger partial charge in [-0.25, -0.2) is 4.99 Å². The predicted octanol–water partition coefficient (Wildman–Crippen LogP) is 2.07. The van der Waals surface area contributed by atoms with Crippen LogP contribution in [0, 0.1) is 20.8 Å². The van der Waals surface area contributed by atoms with Crippen molar-refractivity contribution in [2.24, 2.45) is 4.99 Å². The molecule has 0 saturated carbocycles. The minimum atomic E-state index is -0.154. The highest BCUT2D eigenvalue weighted by Gasteiger charge is 2.32. The number of benzene rings is 2. The first-order valence-corrected chi connectivity index (χ1v) is 10.7. The summed E-state index contributed by atoms with van der Waals surface area (Å²) < 4.78 is 2.15. The van der Waals surface area contributed by atoms with Crippen LogP contribution in [0.15, 0.2) is 46.2 Å². The number of hydrogen-bond donors (Lipinski definition) is 0. The monoisotopic (exact) mass is 418 g/mol. The normalized spacial score (nSPS) is 17.1. The van der Waals surface area contributed by atoms with E-state index in [4.69, 9.17) is 0 Å². The van der Waals surface area contributed by atoms with Crippen molar-refractivity contribution in [1.29, 1.82) is 0 Å². The van der Waals surface area contributed by atoms with E-state index in [2.05, 4.69) is 41.9 Å². The first kappa shape index (κ1) is 18.8. The van der Waals surface area contributed by atoms with Gasteiger partial charge in [0.05, 0.1) is 11.3 Å². The zero-order valence-electron chi connectivity index (χ0n) is 17.4. The fourth-order valence-electron chi connectivity index (χ4n) is 4.21. The zero-order valence-corrected chi connectivity index (χ0v) is 18.2. The molecule has 3 heterocycles. The van der Waals surface area contributed by atoms with Gasteiger partial charge in [0.25, 0.3) is 11.5 Å². The molecule has 0 bridgehead atoms. The highest BCUT2D eigenvalue weighted by atomic mass is 32.1. The molecule has 2 aliphatic heterocycles. The number of aromatic nitrogens is 1. The average Bonchev–Trinajstić information content (AvgIpc) is 3.14. The van der Waals surface area contributed by atoms with Gasteiger partial charge in [-0.05, 0) is 56.2 Å². The molecular weight excluding hydrogens is 396 g/mol. The van der Waals surface area contributed by atoms with Crippen LogP contribution in [0.1, 0.15) is 22.3 Å². The van der Waals surface area contributed by atoms with Crippen molar-refractivity contribution in [2.45, 2.75) is 27.4 Å². The lowest BCUT2D eigenvalue weighted by Crippen LogP contribution is -2.43. The summed E-state index contributed by atoms with van der Waals surface area (Å²) >= 11 is 1.31. The lowest BCUT2D eigenvalue weighted by Gasteiger charge is -2.26. The number of anilines is 2. The number of hydrogen-bond acceptors (Lipinski definition) is 5. The van der Waals surface area contributed by atoms with Crippen LogP contribution >= 0.6 is 11.3 Å². The number of fused-ring (bicyclic) bond motifs is 2. The van der Waals surface area contributed by atoms with Gasteiger partial charge >= 0.3 is 0 Å². The molecule has 2 aromatic carbocycles. The van der Waals surface area contributed by atoms with E-state index in [-0.39, 0.29) is 11.5 Å². The molecule has 30 heavy (non-hydrogen) atoms. The number of likely N-dealkylation sites (N-methyl/N-ethyl adjacent to an activating group) is 1. The molecule has 2 aliphatic rings. The Labute approximate surface area is 178 Å². The molecule has 0 aliphatic carbocycles. The largest absolute Gasteiger partial charge is 0.334 e. The lowest BCUT2D eigenvalue weighted by molar-refractivity contribution is -0.112. The number of rotatable bonds is 1. The van der Waals surface area contributed by atoms with Crippen molar-refractivity contribution in [2.75, 3.05) is 23.5 Å². The zero-order chi connectivity index (χ0) is 21.2. The molecular formula is C23H22N4O2S. The summed E-state index contributed by atoms with van der Waals surface area (Å²) in [5.41, 5.74) is 6.45. The van der Waals surface area contributed by atoms with Crippen molar-refractivity contribution in [3.63, 3.8) is 0 Å². The molecule has 3 aromatic rings. The summed E-state index contributed by atoms with van der Waals surface area (Å²) in [6.07, 6.45) is 0. The Balaban J connectivity index is 1.67. The first-order chi connectivity index (χ1) is 14.3. The van der Waals surface area contributed by atoms with Crippen LogP contribution in [-0.2, 0) is 11.5 Å². The summed E-state index contributed by atoms with van der Waals surface area (Å²) in [5, 5.41) is 0. The molecule has 0 saturated heterocycles. The second-order valence-electron chi connectivity index (χ2n) is 8.03. The molecule has 0 fully saturated rings. The van der Waals surface area contributed by atoms with Gasteiger partial charge in [-0.1, -0.05) is 29.0 Å². The highest BCUT2D eigenvalue weighted by molar-refractivity contribution is 7.07. The molecule has 1 aromatic heterocycles. The Morgan fingerprint density at radius 2 is 1.70 bits per heavy atom. The lowest BCUT2D eigenvalue weighted by atomic mass is 10.1. The van der Waals surface area contributed by atoms with E-state index in [9.17, 15) is 9.59 Å².